The molecule has 0 spiro atoms. The van der Waals surface area contributed by atoms with Crippen molar-refractivity contribution in [3.8, 4) is 0 Å². The molecule has 6 atom stereocenters. The third-order valence-electron chi connectivity index (χ3n) is 5.36. The molecule has 3 fully saturated rings. The molecule has 2 bridgehead atoms. The van der Waals surface area contributed by atoms with Gasteiger partial charge in [0.15, 0.2) is 0 Å². The second kappa shape index (κ2) is 5.14. The predicted molar refractivity (Wildman–Crippen MR) is 89.9 cm³/mol. The summed E-state index contributed by atoms with van der Waals surface area (Å²) in [5, 5.41) is 8.95. The number of carbonyl (C=O) groups is 3. The van der Waals surface area contributed by atoms with E-state index < -0.39 is 5.97 Å². The molecule has 2 amide bonds. The van der Waals surface area contributed by atoms with Crippen LogP contribution in [0.1, 0.15) is 16.8 Å². The van der Waals surface area contributed by atoms with Gasteiger partial charge in [-0.3, -0.25) is 14.5 Å². The number of amides is 2. The number of imide groups is 1. The minimum Gasteiger partial charge on any atom is -0.478 e. The monoisotopic (exact) mass is 441 g/mol. The van der Waals surface area contributed by atoms with E-state index in [0.717, 1.165) is 6.42 Å². The van der Waals surface area contributed by atoms with E-state index in [0.29, 0.717) is 5.69 Å². The molecule has 4 rings (SSSR count). The first kappa shape index (κ1) is 15.3. The van der Waals surface area contributed by atoms with Gasteiger partial charge in [-0.05, 0) is 42.5 Å². The molecule has 2 saturated carbocycles. The molecule has 3 aliphatic rings. The largest absolute Gasteiger partial charge is 0.478 e. The van der Waals surface area contributed by atoms with E-state index in [2.05, 4.69) is 31.9 Å². The van der Waals surface area contributed by atoms with E-state index in [4.69, 9.17) is 5.11 Å². The summed E-state index contributed by atoms with van der Waals surface area (Å²) in [6.07, 6.45) is 0.893. The van der Waals surface area contributed by atoms with Crippen molar-refractivity contribution in [1.82, 2.24) is 0 Å². The van der Waals surface area contributed by atoms with Crippen LogP contribution in [0.5, 0.6) is 0 Å². The number of fused-ring (bicyclic) bond motifs is 5. The van der Waals surface area contributed by atoms with Crippen LogP contribution in [0.2, 0.25) is 0 Å². The van der Waals surface area contributed by atoms with Gasteiger partial charge in [0.1, 0.15) is 0 Å². The SMILES string of the molecule is O=C(O)c1ccc(N2C(=O)[C@H]3[C@@H]4C[C@@H]([C@@H](Br)[C@@H]4Br)[C@@H]3C2=O)cc1. The highest BCUT2D eigenvalue weighted by Gasteiger charge is 2.66. The van der Waals surface area contributed by atoms with Gasteiger partial charge in [0.2, 0.25) is 11.8 Å². The first-order valence-corrected chi connectivity index (χ1v) is 9.24. The number of carbonyl (C=O) groups excluding carboxylic acids is 2. The summed E-state index contributed by atoms with van der Waals surface area (Å²) >= 11 is 7.30. The topological polar surface area (TPSA) is 74.7 Å². The highest BCUT2D eigenvalue weighted by molar-refractivity contribution is 9.12. The number of aromatic carboxylic acids is 1. The third kappa shape index (κ3) is 1.99. The van der Waals surface area contributed by atoms with E-state index in [9.17, 15) is 14.4 Å². The Bertz CT molecular complexity index is 687. The van der Waals surface area contributed by atoms with Gasteiger partial charge in [0.05, 0.1) is 23.1 Å². The number of hydrogen-bond donors (Lipinski definition) is 1. The summed E-state index contributed by atoms with van der Waals surface area (Å²) in [5.41, 5.74) is 0.588. The van der Waals surface area contributed by atoms with Crippen molar-refractivity contribution >= 4 is 55.3 Å². The molecule has 7 heteroatoms. The number of hydrogen-bond acceptors (Lipinski definition) is 3. The molecule has 23 heavy (non-hydrogen) atoms. The summed E-state index contributed by atoms with van der Waals surface area (Å²) in [7, 11) is 0. The van der Waals surface area contributed by atoms with Crippen LogP contribution in [-0.2, 0) is 9.59 Å². The molecule has 0 aromatic heterocycles. The standard InChI is InChI=1S/C16H13Br2NO4/c17-12-8-5-9(13(12)18)11-10(8)14(20)19(15(11)21)7-3-1-6(2-4-7)16(22)23/h1-4,8-13H,5H2,(H,22,23)/t8-,9+,10-,11-,12+,13+/m0/s1. The molecule has 120 valence electrons. The Balaban J connectivity index is 1.68. The van der Waals surface area contributed by atoms with E-state index in [1.54, 1.807) is 0 Å². The normalized spacial score (nSPS) is 38.3. The summed E-state index contributed by atoms with van der Waals surface area (Å²) in [5.74, 6) is -1.51. The van der Waals surface area contributed by atoms with Crippen molar-refractivity contribution in [3.63, 3.8) is 0 Å². The average molecular weight is 443 g/mol. The minimum atomic E-state index is -1.03. The van der Waals surface area contributed by atoms with Gasteiger partial charge < -0.3 is 5.11 Å². The zero-order valence-corrected chi connectivity index (χ0v) is 15.0. The second-order valence-electron chi connectivity index (χ2n) is 6.37. The van der Waals surface area contributed by atoms with Crippen molar-refractivity contribution in [2.24, 2.45) is 23.7 Å². The van der Waals surface area contributed by atoms with Crippen LogP contribution in [0.15, 0.2) is 24.3 Å². The highest BCUT2D eigenvalue weighted by atomic mass is 79.9. The van der Waals surface area contributed by atoms with Gasteiger partial charge in [0.25, 0.3) is 0 Å². The van der Waals surface area contributed by atoms with Crippen molar-refractivity contribution in [2.75, 3.05) is 4.90 Å². The lowest BCUT2D eigenvalue weighted by atomic mass is 9.81. The Morgan fingerprint density at radius 1 is 1.00 bits per heavy atom. The number of halogens is 2. The fourth-order valence-corrected chi connectivity index (χ4v) is 6.23. The van der Waals surface area contributed by atoms with E-state index >= 15 is 0 Å². The van der Waals surface area contributed by atoms with Crippen LogP contribution < -0.4 is 4.90 Å². The quantitative estimate of drug-likeness (QED) is 0.564. The lowest BCUT2D eigenvalue weighted by Crippen LogP contribution is -2.37. The molecule has 5 nitrogen and oxygen atoms in total. The average Bonchev–Trinajstić information content (AvgIpc) is 3.12. The van der Waals surface area contributed by atoms with Crippen molar-refractivity contribution in [1.29, 1.82) is 0 Å². The van der Waals surface area contributed by atoms with Gasteiger partial charge >= 0.3 is 5.97 Å². The third-order valence-corrected chi connectivity index (χ3v) is 8.57. The number of nitrogens with zero attached hydrogens (tertiary/aromatic N) is 1. The molecule has 2 aliphatic carbocycles. The minimum absolute atomic E-state index is 0.133. The smallest absolute Gasteiger partial charge is 0.335 e. The van der Waals surface area contributed by atoms with Gasteiger partial charge in [-0.25, -0.2) is 4.79 Å². The van der Waals surface area contributed by atoms with E-state index in [1.807, 2.05) is 0 Å². The molecule has 0 unspecified atom stereocenters. The van der Waals surface area contributed by atoms with Gasteiger partial charge in [0, 0.05) is 9.65 Å². The van der Waals surface area contributed by atoms with E-state index in [-0.39, 0.29) is 50.7 Å². The maximum atomic E-state index is 12.8. The predicted octanol–water partition coefficient (Wildman–Crippen LogP) is 2.67. The Kier molecular flexibility index (Phi) is 3.43. The van der Waals surface area contributed by atoms with E-state index in [1.165, 1.54) is 29.2 Å². The Morgan fingerprint density at radius 3 is 1.91 bits per heavy atom. The molecule has 1 aliphatic heterocycles. The Labute approximate surface area is 149 Å². The number of alkyl halides is 2. The molecule has 1 aromatic carbocycles. The second-order valence-corrected chi connectivity index (χ2v) is 8.48. The van der Waals surface area contributed by atoms with Crippen LogP contribution in [0.3, 0.4) is 0 Å². The Hall–Kier alpha value is -1.21. The van der Waals surface area contributed by atoms with Crippen molar-refractivity contribution in [3.05, 3.63) is 29.8 Å². The van der Waals surface area contributed by atoms with Gasteiger partial charge in [-0.1, -0.05) is 31.9 Å². The van der Waals surface area contributed by atoms with Crippen LogP contribution in [0.25, 0.3) is 0 Å². The lowest BCUT2D eigenvalue weighted by molar-refractivity contribution is -0.123. The van der Waals surface area contributed by atoms with Gasteiger partial charge in [-0.2, -0.15) is 0 Å². The number of anilines is 1. The van der Waals surface area contributed by atoms with Crippen molar-refractivity contribution in [2.45, 2.75) is 16.1 Å². The molecule has 1 saturated heterocycles. The number of carboxylic acid groups (broad SMARTS) is 1. The number of rotatable bonds is 2. The van der Waals surface area contributed by atoms with Crippen LogP contribution >= 0.6 is 31.9 Å². The zero-order valence-electron chi connectivity index (χ0n) is 11.9. The molecule has 1 heterocycles. The molecular formula is C16H13Br2NO4. The van der Waals surface area contributed by atoms with Crippen molar-refractivity contribution < 1.29 is 19.5 Å². The van der Waals surface area contributed by atoms with Crippen LogP contribution in [-0.4, -0.2) is 32.5 Å². The Morgan fingerprint density at radius 2 is 1.48 bits per heavy atom. The van der Waals surface area contributed by atoms with Gasteiger partial charge in [-0.15, -0.1) is 0 Å². The molecule has 0 radical (unpaired) electrons. The summed E-state index contributed by atoms with van der Waals surface area (Å²) in [6, 6.07) is 5.89. The molecule has 1 aromatic rings. The summed E-state index contributed by atoms with van der Waals surface area (Å²) in [6.45, 7) is 0. The maximum Gasteiger partial charge on any atom is 0.335 e. The highest BCUT2D eigenvalue weighted by Crippen LogP contribution is 2.60. The zero-order chi connectivity index (χ0) is 16.5. The lowest BCUT2D eigenvalue weighted by Gasteiger charge is -2.28. The first-order chi connectivity index (χ1) is 10.9. The van der Waals surface area contributed by atoms with Crippen LogP contribution in [0, 0.1) is 23.7 Å². The number of carboxylic acids is 1. The summed E-state index contributed by atoms with van der Waals surface area (Å²) < 4.78 is 0. The maximum absolute atomic E-state index is 12.8. The molecular weight excluding hydrogens is 430 g/mol. The first-order valence-electron chi connectivity index (χ1n) is 7.41. The fourth-order valence-electron chi connectivity index (χ4n) is 4.36. The molecule has 1 N–H and O–H groups in total. The number of benzene rings is 1. The fraction of sp³-hybridized carbons (Fsp3) is 0.438. The van der Waals surface area contributed by atoms with Crippen LogP contribution in [0.4, 0.5) is 5.69 Å². The summed E-state index contributed by atoms with van der Waals surface area (Å²) in [4.78, 5) is 38.2.